The standard InChI is InChI=1S/C15H26N4O2/c1-11-12(9-17-18-11)8-16-13-6-5-7-19(10-13)14(20)21-15(2,3)4/h9,13,16H,5-8,10H2,1-4H3,(H,17,18). The highest BCUT2D eigenvalue weighted by Gasteiger charge is 2.27. The third kappa shape index (κ3) is 4.74. The number of hydrogen-bond donors (Lipinski definition) is 2. The number of H-pyrrole nitrogens is 1. The summed E-state index contributed by atoms with van der Waals surface area (Å²) in [6.07, 6.45) is 3.71. The first-order chi connectivity index (χ1) is 9.85. The molecule has 1 aromatic heterocycles. The van der Waals surface area contributed by atoms with Crippen LogP contribution in [0.4, 0.5) is 4.79 Å². The van der Waals surface area contributed by atoms with Crippen LogP contribution in [-0.2, 0) is 11.3 Å². The molecule has 1 amide bonds. The van der Waals surface area contributed by atoms with Crippen molar-refractivity contribution in [3.05, 3.63) is 17.5 Å². The van der Waals surface area contributed by atoms with Crippen molar-refractivity contribution in [3.8, 4) is 0 Å². The predicted molar refractivity (Wildman–Crippen MR) is 81.0 cm³/mol. The molecule has 21 heavy (non-hydrogen) atoms. The minimum Gasteiger partial charge on any atom is -0.444 e. The molecule has 2 rings (SSSR count). The van der Waals surface area contributed by atoms with E-state index in [1.807, 2.05) is 33.9 Å². The second kappa shape index (κ2) is 6.47. The largest absolute Gasteiger partial charge is 0.444 e. The predicted octanol–water partition coefficient (Wildman–Crippen LogP) is 2.21. The zero-order chi connectivity index (χ0) is 15.5. The fourth-order valence-electron chi connectivity index (χ4n) is 2.44. The van der Waals surface area contributed by atoms with Crippen LogP contribution in [0.25, 0.3) is 0 Å². The van der Waals surface area contributed by atoms with Crippen LogP contribution in [0.1, 0.15) is 44.9 Å². The second-order valence-electron chi connectivity index (χ2n) is 6.67. The minimum atomic E-state index is -0.439. The van der Waals surface area contributed by atoms with Crippen LogP contribution >= 0.6 is 0 Å². The molecule has 0 saturated carbocycles. The van der Waals surface area contributed by atoms with Crippen LogP contribution in [-0.4, -0.2) is 45.9 Å². The third-order valence-corrected chi connectivity index (χ3v) is 3.59. The minimum absolute atomic E-state index is 0.214. The van der Waals surface area contributed by atoms with Gasteiger partial charge in [0.2, 0.25) is 0 Å². The van der Waals surface area contributed by atoms with Crippen LogP contribution in [0.5, 0.6) is 0 Å². The highest BCUT2D eigenvalue weighted by Crippen LogP contribution is 2.16. The summed E-state index contributed by atoms with van der Waals surface area (Å²) in [5.41, 5.74) is 1.82. The van der Waals surface area contributed by atoms with E-state index in [9.17, 15) is 4.79 Å². The van der Waals surface area contributed by atoms with Crippen molar-refractivity contribution in [2.75, 3.05) is 13.1 Å². The molecule has 1 unspecified atom stereocenters. The molecule has 0 spiro atoms. The van der Waals surface area contributed by atoms with Gasteiger partial charge in [0.15, 0.2) is 0 Å². The number of nitrogens with zero attached hydrogens (tertiary/aromatic N) is 2. The Bertz CT molecular complexity index is 478. The summed E-state index contributed by atoms with van der Waals surface area (Å²) < 4.78 is 5.44. The van der Waals surface area contributed by atoms with Gasteiger partial charge >= 0.3 is 6.09 Å². The van der Waals surface area contributed by atoms with Crippen molar-refractivity contribution in [3.63, 3.8) is 0 Å². The quantitative estimate of drug-likeness (QED) is 0.896. The molecule has 1 aliphatic rings. The molecular weight excluding hydrogens is 268 g/mol. The van der Waals surface area contributed by atoms with Crippen LogP contribution in [0.3, 0.4) is 0 Å². The summed E-state index contributed by atoms with van der Waals surface area (Å²) in [6.45, 7) is 9.95. The number of carbonyl (C=O) groups is 1. The summed E-state index contributed by atoms with van der Waals surface area (Å²) in [5.74, 6) is 0. The summed E-state index contributed by atoms with van der Waals surface area (Å²) in [7, 11) is 0. The van der Waals surface area contributed by atoms with Crippen LogP contribution < -0.4 is 5.32 Å². The van der Waals surface area contributed by atoms with Crippen molar-refractivity contribution in [1.82, 2.24) is 20.4 Å². The van der Waals surface area contributed by atoms with Gasteiger partial charge in [0.1, 0.15) is 5.60 Å². The fourth-order valence-corrected chi connectivity index (χ4v) is 2.44. The Morgan fingerprint density at radius 3 is 2.95 bits per heavy atom. The lowest BCUT2D eigenvalue weighted by Crippen LogP contribution is -2.49. The summed E-state index contributed by atoms with van der Waals surface area (Å²) >= 11 is 0. The molecule has 2 heterocycles. The highest BCUT2D eigenvalue weighted by atomic mass is 16.6. The summed E-state index contributed by atoms with van der Waals surface area (Å²) in [4.78, 5) is 13.9. The van der Waals surface area contributed by atoms with Gasteiger partial charge in [-0.3, -0.25) is 5.10 Å². The van der Waals surface area contributed by atoms with E-state index in [1.165, 1.54) is 5.56 Å². The lowest BCUT2D eigenvalue weighted by molar-refractivity contribution is 0.0187. The van der Waals surface area contributed by atoms with E-state index in [1.54, 1.807) is 4.90 Å². The normalized spacial score (nSPS) is 19.6. The number of nitrogens with one attached hydrogen (secondary N) is 2. The molecule has 6 heteroatoms. The molecule has 0 bridgehead atoms. The van der Waals surface area contributed by atoms with Gasteiger partial charge in [0.05, 0.1) is 6.20 Å². The Kier molecular flexibility index (Phi) is 4.88. The van der Waals surface area contributed by atoms with Crippen molar-refractivity contribution >= 4 is 6.09 Å². The Morgan fingerprint density at radius 1 is 1.57 bits per heavy atom. The Hall–Kier alpha value is -1.56. The number of hydrogen-bond acceptors (Lipinski definition) is 4. The van der Waals surface area contributed by atoms with E-state index in [-0.39, 0.29) is 6.09 Å². The molecule has 1 fully saturated rings. The summed E-state index contributed by atoms with van der Waals surface area (Å²) in [5, 5.41) is 10.5. The monoisotopic (exact) mass is 294 g/mol. The molecular formula is C15H26N4O2. The van der Waals surface area contributed by atoms with Crippen LogP contribution in [0.15, 0.2) is 6.20 Å². The molecule has 118 valence electrons. The maximum absolute atomic E-state index is 12.1. The first-order valence-corrected chi connectivity index (χ1v) is 7.55. The molecule has 0 aromatic carbocycles. The molecule has 6 nitrogen and oxygen atoms in total. The van der Waals surface area contributed by atoms with Gasteiger partial charge < -0.3 is 15.0 Å². The van der Waals surface area contributed by atoms with E-state index in [2.05, 4.69) is 15.5 Å². The highest BCUT2D eigenvalue weighted by molar-refractivity contribution is 5.68. The first kappa shape index (κ1) is 15.8. The molecule has 1 atom stereocenters. The number of likely N-dealkylation sites (tertiary alicyclic amines) is 1. The maximum atomic E-state index is 12.1. The number of aromatic nitrogens is 2. The number of ether oxygens (including phenoxy) is 1. The number of rotatable bonds is 3. The topological polar surface area (TPSA) is 70.2 Å². The maximum Gasteiger partial charge on any atom is 0.410 e. The fraction of sp³-hybridized carbons (Fsp3) is 0.733. The number of aromatic amines is 1. The smallest absolute Gasteiger partial charge is 0.410 e. The molecule has 0 aliphatic carbocycles. The van der Waals surface area contributed by atoms with Gasteiger partial charge in [-0.25, -0.2) is 4.79 Å². The average Bonchev–Trinajstić information content (AvgIpc) is 2.80. The zero-order valence-electron chi connectivity index (χ0n) is 13.4. The lowest BCUT2D eigenvalue weighted by atomic mass is 10.1. The number of amides is 1. The SMILES string of the molecule is Cc1[nH]ncc1CNC1CCCN(C(=O)OC(C)(C)C)C1. The molecule has 1 aliphatic heterocycles. The van der Waals surface area contributed by atoms with E-state index in [4.69, 9.17) is 4.74 Å². The third-order valence-electron chi connectivity index (χ3n) is 3.59. The first-order valence-electron chi connectivity index (χ1n) is 7.55. The van der Waals surface area contributed by atoms with Crippen molar-refractivity contribution in [1.29, 1.82) is 0 Å². The molecule has 1 aromatic rings. The van der Waals surface area contributed by atoms with E-state index in [0.29, 0.717) is 12.6 Å². The van der Waals surface area contributed by atoms with Crippen LogP contribution in [0, 0.1) is 6.92 Å². The molecule has 0 radical (unpaired) electrons. The van der Waals surface area contributed by atoms with Gasteiger partial charge in [0, 0.05) is 36.9 Å². The van der Waals surface area contributed by atoms with E-state index >= 15 is 0 Å². The lowest BCUT2D eigenvalue weighted by Gasteiger charge is -2.34. The van der Waals surface area contributed by atoms with Gasteiger partial charge in [-0.15, -0.1) is 0 Å². The van der Waals surface area contributed by atoms with Gasteiger partial charge in [0.25, 0.3) is 0 Å². The zero-order valence-corrected chi connectivity index (χ0v) is 13.4. The Balaban J connectivity index is 1.83. The van der Waals surface area contributed by atoms with Gasteiger partial charge in [-0.05, 0) is 40.5 Å². The van der Waals surface area contributed by atoms with Gasteiger partial charge in [-0.2, -0.15) is 5.10 Å². The second-order valence-corrected chi connectivity index (χ2v) is 6.67. The number of piperidine rings is 1. The Labute approximate surface area is 126 Å². The average molecular weight is 294 g/mol. The summed E-state index contributed by atoms with van der Waals surface area (Å²) in [6, 6.07) is 0.306. The van der Waals surface area contributed by atoms with E-state index < -0.39 is 5.60 Å². The van der Waals surface area contributed by atoms with E-state index in [0.717, 1.165) is 31.6 Å². The van der Waals surface area contributed by atoms with Crippen molar-refractivity contribution in [2.24, 2.45) is 0 Å². The van der Waals surface area contributed by atoms with Crippen molar-refractivity contribution in [2.45, 2.75) is 58.7 Å². The molecule has 2 N–H and O–H groups in total. The number of carbonyl (C=O) groups excluding carboxylic acids is 1. The van der Waals surface area contributed by atoms with Gasteiger partial charge in [-0.1, -0.05) is 0 Å². The number of aryl methyl sites for hydroxylation is 1. The van der Waals surface area contributed by atoms with Crippen molar-refractivity contribution < 1.29 is 9.53 Å². The molecule has 1 saturated heterocycles. The van der Waals surface area contributed by atoms with Crippen LogP contribution in [0.2, 0.25) is 0 Å². The Morgan fingerprint density at radius 2 is 2.33 bits per heavy atom.